The van der Waals surface area contributed by atoms with E-state index in [9.17, 15) is 22.8 Å². The van der Waals surface area contributed by atoms with Gasteiger partial charge in [-0.25, -0.2) is 12.7 Å². The van der Waals surface area contributed by atoms with E-state index in [0.29, 0.717) is 4.31 Å². The fraction of sp³-hybridized carbons (Fsp3) is 0.348. The molecular formula is C23H26BrN3O5S. The van der Waals surface area contributed by atoms with Gasteiger partial charge in [0.1, 0.15) is 17.5 Å². The Bertz CT molecular complexity index is 1170. The maximum atomic E-state index is 13.3. The molecule has 0 unspecified atom stereocenters. The van der Waals surface area contributed by atoms with Gasteiger partial charge in [-0.15, -0.1) is 0 Å². The Morgan fingerprint density at radius 1 is 1.09 bits per heavy atom. The van der Waals surface area contributed by atoms with Crippen molar-refractivity contribution < 1.29 is 22.8 Å². The maximum absolute atomic E-state index is 13.3. The van der Waals surface area contributed by atoms with Gasteiger partial charge in [0.05, 0.1) is 5.56 Å². The van der Waals surface area contributed by atoms with Gasteiger partial charge in [0, 0.05) is 17.1 Å². The average molecular weight is 536 g/mol. The molecule has 10 heteroatoms. The lowest BCUT2D eigenvalue weighted by Gasteiger charge is -2.30. The summed E-state index contributed by atoms with van der Waals surface area (Å²) in [5.41, 5.74) is 0.793. The molecule has 33 heavy (non-hydrogen) atoms. The zero-order chi connectivity index (χ0) is 24.3. The van der Waals surface area contributed by atoms with Gasteiger partial charge in [-0.3, -0.25) is 14.4 Å². The van der Waals surface area contributed by atoms with Crippen molar-refractivity contribution in [2.24, 2.45) is 0 Å². The van der Waals surface area contributed by atoms with Crippen molar-refractivity contribution in [3.63, 3.8) is 0 Å². The standard InChI is InChI=1S/C23H26BrN3O5S/c1-4-15(2)25-22(29)16(3)26(13-17-9-11-18(24)12-10-17)21(28)14-27-23(30)19-7-5-6-8-20(19)33(27,31)32/h5-12,15-16H,4,13-14H2,1-3H3,(H,25,29)/t15-,16+/m0/s1. The Morgan fingerprint density at radius 3 is 2.33 bits per heavy atom. The fourth-order valence-corrected chi connectivity index (χ4v) is 5.22. The van der Waals surface area contributed by atoms with E-state index >= 15 is 0 Å². The van der Waals surface area contributed by atoms with Crippen LogP contribution in [0.1, 0.15) is 43.1 Å². The molecule has 2 aromatic rings. The molecule has 0 spiro atoms. The smallest absolute Gasteiger partial charge is 0.269 e. The van der Waals surface area contributed by atoms with E-state index in [-0.39, 0.29) is 29.0 Å². The first-order valence-corrected chi connectivity index (χ1v) is 12.8. The minimum atomic E-state index is -4.14. The Kier molecular flexibility index (Phi) is 7.58. The van der Waals surface area contributed by atoms with Crippen molar-refractivity contribution in [1.82, 2.24) is 14.5 Å². The topological polar surface area (TPSA) is 104 Å². The molecule has 2 aromatic carbocycles. The van der Waals surface area contributed by atoms with Crippen molar-refractivity contribution in [2.45, 2.75) is 50.7 Å². The van der Waals surface area contributed by atoms with Crippen molar-refractivity contribution in [1.29, 1.82) is 0 Å². The molecule has 0 radical (unpaired) electrons. The van der Waals surface area contributed by atoms with Crippen LogP contribution < -0.4 is 5.32 Å². The predicted molar refractivity (Wildman–Crippen MR) is 127 cm³/mol. The molecule has 0 aliphatic carbocycles. The van der Waals surface area contributed by atoms with E-state index in [4.69, 9.17) is 0 Å². The number of halogens is 1. The zero-order valence-corrected chi connectivity index (χ0v) is 21.0. The van der Waals surface area contributed by atoms with Crippen LogP contribution >= 0.6 is 15.9 Å². The second-order valence-electron chi connectivity index (χ2n) is 7.95. The zero-order valence-electron chi connectivity index (χ0n) is 18.6. The minimum Gasteiger partial charge on any atom is -0.352 e. The highest BCUT2D eigenvalue weighted by atomic mass is 79.9. The van der Waals surface area contributed by atoms with Crippen molar-refractivity contribution in [3.8, 4) is 0 Å². The van der Waals surface area contributed by atoms with Gasteiger partial charge in [-0.05, 0) is 50.1 Å². The number of fused-ring (bicyclic) bond motifs is 1. The molecule has 1 aliphatic rings. The van der Waals surface area contributed by atoms with E-state index in [0.717, 1.165) is 16.5 Å². The van der Waals surface area contributed by atoms with Crippen LogP contribution in [0.25, 0.3) is 0 Å². The quantitative estimate of drug-likeness (QED) is 0.559. The molecule has 2 atom stereocenters. The van der Waals surface area contributed by atoms with E-state index < -0.39 is 34.4 Å². The van der Waals surface area contributed by atoms with Crippen molar-refractivity contribution in [2.75, 3.05) is 6.54 Å². The number of carbonyl (C=O) groups excluding carboxylic acids is 3. The Balaban J connectivity index is 1.88. The molecule has 0 saturated carbocycles. The number of amides is 3. The highest BCUT2D eigenvalue weighted by molar-refractivity contribution is 9.10. The Hall–Kier alpha value is -2.72. The van der Waals surface area contributed by atoms with Gasteiger partial charge in [0.2, 0.25) is 11.8 Å². The number of benzene rings is 2. The molecule has 0 aromatic heterocycles. The van der Waals surface area contributed by atoms with Crippen LogP contribution in [0.2, 0.25) is 0 Å². The van der Waals surface area contributed by atoms with Crippen LogP contribution in [-0.4, -0.2) is 54.0 Å². The number of nitrogens with one attached hydrogen (secondary N) is 1. The molecule has 0 saturated heterocycles. The summed E-state index contributed by atoms with van der Waals surface area (Å²) in [5, 5.41) is 2.85. The minimum absolute atomic E-state index is 0.0346. The number of carbonyl (C=O) groups is 3. The third-order valence-electron chi connectivity index (χ3n) is 5.63. The largest absolute Gasteiger partial charge is 0.352 e. The second kappa shape index (κ2) is 10.0. The second-order valence-corrected chi connectivity index (χ2v) is 10.7. The van der Waals surface area contributed by atoms with E-state index in [1.54, 1.807) is 25.1 Å². The summed E-state index contributed by atoms with van der Waals surface area (Å²) in [6, 6.07) is 12.1. The summed E-state index contributed by atoms with van der Waals surface area (Å²) in [6.07, 6.45) is 0.720. The molecule has 3 amide bonds. The molecule has 1 heterocycles. The predicted octanol–water partition coefficient (Wildman–Crippen LogP) is 2.93. The monoisotopic (exact) mass is 535 g/mol. The highest BCUT2D eigenvalue weighted by Gasteiger charge is 2.43. The molecule has 0 bridgehead atoms. The lowest BCUT2D eigenvalue weighted by molar-refractivity contribution is -0.140. The molecule has 1 aliphatic heterocycles. The molecule has 1 N–H and O–H groups in total. The van der Waals surface area contributed by atoms with Crippen molar-refractivity contribution >= 4 is 43.7 Å². The van der Waals surface area contributed by atoms with Gasteiger partial charge in [-0.1, -0.05) is 47.1 Å². The van der Waals surface area contributed by atoms with Crippen LogP contribution in [0.5, 0.6) is 0 Å². The summed E-state index contributed by atoms with van der Waals surface area (Å²) in [5.74, 6) is -1.75. The third kappa shape index (κ3) is 5.27. The number of hydrogen-bond donors (Lipinski definition) is 1. The maximum Gasteiger partial charge on any atom is 0.269 e. The number of hydrogen-bond acceptors (Lipinski definition) is 5. The normalized spacial score (nSPS) is 16.1. The lowest BCUT2D eigenvalue weighted by Crippen LogP contribution is -2.52. The third-order valence-corrected chi connectivity index (χ3v) is 7.94. The Morgan fingerprint density at radius 2 is 1.73 bits per heavy atom. The van der Waals surface area contributed by atoms with Crippen molar-refractivity contribution in [3.05, 3.63) is 64.1 Å². The summed E-state index contributed by atoms with van der Waals surface area (Å²) in [4.78, 5) is 40.1. The summed E-state index contributed by atoms with van der Waals surface area (Å²) in [7, 11) is -4.14. The van der Waals surface area contributed by atoms with Gasteiger partial charge in [0.25, 0.3) is 15.9 Å². The van der Waals surface area contributed by atoms with Crippen LogP contribution in [0, 0.1) is 0 Å². The van der Waals surface area contributed by atoms with Gasteiger partial charge in [0.15, 0.2) is 0 Å². The van der Waals surface area contributed by atoms with E-state index in [1.807, 2.05) is 26.0 Å². The molecule has 3 rings (SSSR count). The first-order chi connectivity index (χ1) is 15.6. The number of nitrogens with zero attached hydrogens (tertiary/aromatic N) is 2. The summed E-state index contributed by atoms with van der Waals surface area (Å²) in [6.45, 7) is 4.77. The fourth-order valence-electron chi connectivity index (χ4n) is 3.44. The van der Waals surface area contributed by atoms with E-state index in [1.165, 1.54) is 23.1 Å². The summed E-state index contributed by atoms with van der Waals surface area (Å²) >= 11 is 3.36. The van der Waals surface area contributed by atoms with Crippen LogP contribution in [0.4, 0.5) is 0 Å². The van der Waals surface area contributed by atoms with E-state index in [2.05, 4.69) is 21.2 Å². The Labute approximate surface area is 202 Å². The lowest BCUT2D eigenvalue weighted by atomic mass is 10.1. The van der Waals surface area contributed by atoms with Crippen LogP contribution in [0.3, 0.4) is 0 Å². The first-order valence-electron chi connectivity index (χ1n) is 10.6. The number of rotatable bonds is 8. The average Bonchev–Trinajstić information content (AvgIpc) is 2.98. The van der Waals surface area contributed by atoms with Crippen LogP contribution in [0.15, 0.2) is 57.9 Å². The highest BCUT2D eigenvalue weighted by Crippen LogP contribution is 2.30. The van der Waals surface area contributed by atoms with Crippen LogP contribution in [-0.2, 0) is 26.2 Å². The SMILES string of the molecule is CC[C@H](C)NC(=O)[C@@H](C)N(Cc1ccc(Br)cc1)C(=O)CN1C(=O)c2ccccc2S1(=O)=O. The molecule has 176 valence electrons. The van der Waals surface area contributed by atoms with Gasteiger partial charge >= 0.3 is 0 Å². The molecule has 8 nitrogen and oxygen atoms in total. The molecular weight excluding hydrogens is 510 g/mol. The first kappa shape index (κ1) is 24.9. The van der Waals surface area contributed by atoms with Gasteiger partial charge < -0.3 is 10.2 Å². The van der Waals surface area contributed by atoms with Gasteiger partial charge in [-0.2, -0.15) is 0 Å². The summed E-state index contributed by atoms with van der Waals surface area (Å²) < 4.78 is 27.2. The molecule has 0 fully saturated rings. The number of sulfonamides is 1.